The molecule has 0 radical (unpaired) electrons. The van der Waals surface area contributed by atoms with Gasteiger partial charge in [0.05, 0.1) is 10.6 Å². The molecule has 1 aromatic heterocycles. The lowest BCUT2D eigenvalue weighted by Crippen LogP contribution is -2.47. The molecule has 2 amide bonds. The van der Waals surface area contributed by atoms with Crippen molar-refractivity contribution in [1.82, 2.24) is 30.8 Å². The van der Waals surface area contributed by atoms with Crippen LogP contribution in [0.5, 0.6) is 0 Å². The van der Waals surface area contributed by atoms with Crippen LogP contribution in [-0.2, 0) is 27.7 Å². The Bertz CT molecular complexity index is 1550. The van der Waals surface area contributed by atoms with Crippen molar-refractivity contribution in [2.75, 3.05) is 6.54 Å². The van der Waals surface area contributed by atoms with Gasteiger partial charge in [-0.3, -0.25) is 9.59 Å². The highest BCUT2D eigenvalue weighted by atomic mass is 35.5. The molecule has 4 aromatic rings. The van der Waals surface area contributed by atoms with Gasteiger partial charge in [0.15, 0.2) is 0 Å². The maximum atomic E-state index is 13.2. The zero-order valence-electron chi connectivity index (χ0n) is 20.7. The second-order valence-corrected chi connectivity index (χ2v) is 10.7. The van der Waals surface area contributed by atoms with Crippen LogP contribution >= 0.6 is 11.6 Å². The molecule has 0 fully saturated rings. The fraction of sp³-hybridized carbons (Fsp3) is 0.192. The normalized spacial score (nSPS) is 12.1. The molecule has 39 heavy (non-hydrogen) atoms. The Morgan fingerprint density at radius 1 is 1.00 bits per heavy atom. The van der Waals surface area contributed by atoms with Gasteiger partial charge in [0.25, 0.3) is 5.91 Å². The Kier molecular flexibility index (Phi) is 9.02. The minimum Gasteiger partial charge on any atom is -0.354 e. The van der Waals surface area contributed by atoms with Crippen LogP contribution < -0.4 is 15.8 Å². The first-order valence-corrected chi connectivity index (χ1v) is 13.9. The average Bonchev–Trinajstić information content (AvgIpc) is 3.46. The third kappa shape index (κ3) is 7.69. The number of aromatic nitrogens is 4. The zero-order chi connectivity index (χ0) is 27.8. The molecular formula is C26H26ClN7O4S. The average molecular weight is 568 g/mol. The molecule has 0 aliphatic carbocycles. The number of nitrogens with zero attached hydrogens (tertiary/aromatic N) is 4. The molecule has 0 saturated heterocycles. The van der Waals surface area contributed by atoms with Crippen LogP contribution in [-0.4, -0.2) is 53.0 Å². The predicted octanol–water partition coefficient (Wildman–Crippen LogP) is 2.05. The molecule has 0 spiro atoms. The summed E-state index contributed by atoms with van der Waals surface area (Å²) in [5.74, 6) is -0.975. The number of sulfonamides is 1. The molecule has 4 N–H and O–H groups in total. The predicted molar refractivity (Wildman–Crippen MR) is 145 cm³/mol. The number of carbonyl (C=O) groups excluding carboxylic acids is 2. The summed E-state index contributed by atoms with van der Waals surface area (Å²) >= 11 is 6.18. The minimum atomic E-state index is -3.99. The summed E-state index contributed by atoms with van der Waals surface area (Å²) in [7, 11) is -3.99. The lowest BCUT2D eigenvalue weighted by atomic mass is 10.0. The van der Waals surface area contributed by atoms with E-state index in [1.807, 2.05) is 30.3 Å². The van der Waals surface area contributed by atoms with Crippen molar-refractivity contribution in [3.8, 4) is 5.69 Å². The van der Waals surface area contributed by atoms with Crippen LogP contribution in [0.2, 0.25) is 5.02 Å². The van der Waals surface area contributed by atoms with E-state index in [9.17, 15) is 18.0 Å². The fourth-order valence-electron chi connectivity index (χ4n) is 3.97. The maximum absolute atomic E-state index is 13.2. The largest absolute Gasteiger partial charge is 0.354 e. The summed E-state index contributed by atoms with van der Waals surface area (Å²) in [6.45, 7) is 0.257. The van der Waals surface area contributed by atoms with Gasteiger partial charge >= 0.3 is 0 Å². The Morgan fingerprint density at radius 2 is 1.79 bits per heavy atom. The van der Waals surface area contributed by atoms with Crippen LogP contribution in [0.1, 0.15) is 27.9 Å². The van der Waals surface area contributed by atoms with Gasteiger partial charge in [0, 0.05) is 17.1 Å². The molecule has 3 aromatic carbocycles. The third-order valence-corrected chi connectivity index (χ3v) is 7.09. The van der Waals surface area contributed by atoms with E-state index in [1.165, 1.54) is 35.3 Å². The Morgan fingerprint density at radius 3 is 2.51 bits per heavy atom. The standard InChI is InChI=1S/C26H26ClN7O4S/c27-21-10-12-24(34-17-30-32-33-34)19(15-21)13-14-29-26(36)23(11-9-18-5-2-1-3-6-18)31-25(35)20-7-4-8-22(16-20)39(28,37)38/h1-8,10,12,15-17,23H,9,11,13-14H2,(H,29,36)(H,31,35)(H2,28,37,38)/t23-/m0/s1. The second-order valence-electron chi connectivity index (χ2n) is 8.69. The van der Waals surface area contributed by atoms with E-state index in [2.05, 4.69) is 26.2 Å². The van der Waals surface area contributed by atoms with E-state index in [-0.39, 0.29) is 22.9 Å². The number of amides is 2. The van der Waals surface area contributed by atoms with E-state index >= 15 is 0 Å². The number of carbonyl (C=O) groups is 2. The van der Waals surface area contributed by atoms with Crippen molar-refractivity contribution < 1.29 is 18.0 Å². The van der Waals surface area contributed by atoms with Crippen molar-refractivity contribution in [3.05, 3.63) is 101 Å². The van der Waals surface area contributed by atoms with Crippen molar-refractivity contribution in [2.45, 2.75) is 30.2 Å². The van der Waals surface area contributed by atoms with Crippen molar-refractivity contribution in [2.24, 2.45) is 5.14 Å². The molecule has 202 valence electrons. The quantitative estimate of drug-likeness (QED) is 0.250. The summed E-state index contributed by atoms with van der Waals surface area (Å²) in [6, 6.07) is 19.3. The number of primary sulfonamides is 1. The minimum absolute atomic E-state index is 0.0732. The number of hydrogen-bond acceptors (Lipinski definition) is 7. The number of hydrogen-bond donors (Lipinski definition) is 3. The molecule has 0 aliphatic rings. The molecular weight excluding hydrogens is 542 g/mol. The molecule has 4 rings (SSSR count). The van der Waals surface area contributed by atoms with Crippen LogP contribution in [0, 0.1) is 0 Å². The first-order chi connectivity index (χ1) is 18.7. The smallest absolute Gasteiger partial charge is 0.251 e. The Hall–Kier alpha value is -4.13. The van der Waals surface area contributed by atoms with Crippen LogP contribution in [0.15, 0.2) is 84.0 Å². The summed E-state index contributed by atoms with van der Waals surface area (Å²) in [5, 5.41) is 22.6. The molecule has 0 bridgehead atoms. The number of tetrazole rings is 1. The highest BCUT2D eigenvalue weighted by Crippen LogP contribution is 2.19. The van der Waals surface area contributed by atoms with E-state index in [0.717, 1.165) is 16.8 Å². The lowest BCUT2D eigenvalue weighted by molar-refractivity contribution is -0.123. The maximum Gasteiger partial charge on any atom is 0.251 e. The summed E-state index contributed by atoms with van der Waals surface area (Å²) < 4.78 is 24.9. The van der Waals surface area contributed by atoms with Gasteiger partial charge < -0.3 is 10.6 Å². The van der Waals surface area contributed by atoms with E-state index in [0.29, 0.717) is 24.3 Å². The van der Waals surface area contributed by atoms with Crippen molar-refractivity contribution in [1.29, 1.82) is 0 Å². The zero-order valence-corrected chi connectivity index (χ0v) is 22.3. The van der Waals surface area contributed by atoms with Gasteiger partial charge in [-0.1, -0.05) is 48.0 Å². The van der Waals surface area contributed by atoms with E-state index in [1.54, 1.807) is 18.2 Å². The van der Waals surface area contributed by atoms with Gasteiger partial charge in [0.2, 0.25) is 15.9 Å². The molecule has 1 atom stereocenters. The third-order valence-electron chi connectivity index (χ3n) is 5.94. The molecule has 1 heterocycles. The van der Waals surface area contributed by atoms with Gasteiger partial charge in [0.1, 0.15) is 12.4 Å². The highest BCUT2D eigenvalue weighted by Gasteiger charge is 2.22. The van der Waals surface area contributed by atoms with Gasteiger partial charge in [-0.2, -0.15) is 0 Å². The number of nitrogens with two attached hydrogens (primary N) is 1. The summed E-state index contributed by atoms with van der Waals surface area (Å²) in [6.07, 6.45) is 2.75. The van der Waals surface area contributed by atoms with E-state index < -0.39 is 22.0 Å². The molecule has 11 nitrogen and oxygen atoms in total. The van der Waals surface area contributed by atoms with Crippen LogP contribution in [0.3, 0.4) is 0 Å². The summed E-state index contributed by atoms with van der Waals surface area (Å²) in [5.41, 5.74) is 2.62. The molecule has 0 unspecified atom stereocenters. The van der Waals surface area contributed by atoms with Crippen LogP contribution in [0.4, 0.5) is 0 Å². The Labute approximate surface area is 230 Å². The first kappa shape index (κ1) is 27.9. The SMILES string of the molecule is NS(=O)(=O)c1cccc(C(=O)N[C@@H](CCc2ccccc2)C(=O)NCCc2cc(Cl)ccc2-n2cnnn2)c1. The van der Waals surface area contributed by atoms with E-state index in [4.69, 9.17) is 16.7 Å². The number of rotatable bonds is 11. The first-order valence-electron chi connectivity index (χ1n) is 12.0. The molecule has 13 heteroatoms. The monoisotopic (exact) mass is 567 g/mol. The molecule has 0 saturated carbocycles. The lowest BCUT2D eigenvalue weighted by Gasteiger charge is -2.19. The van der Waals surface area contributed by atoms with Crippen molar-refractivity contribution in [3.63, 3.8) is 0 Å². The topological polar surface area (TPSA) is 162 Å². The number of benzene rings is 3. The summed E-state index contributed by atoms with van der Waals surface area (Å²) in [4.78, 5) is 26.0. The number of aryl methyl sites for hydroxylation is 1. The van der Waals surface area contributed by atoms with Gasteiger partial charge in [-0.25, -0.2) is 18.2 Å². The fourth-order valence-corrected chi connectivity index (χ4v) is 4.73. The van der Waals surface area contributed by atoms with Crippen molar-refractivity contribution >= 4 is 33.4 Å². The van der Waals surface area contributed by atoms with Gasteiger partial charge in [-0.05, 0) is 77.2 Å². The molecule has 0 aliphatic heterocycles. The Balaban J connectivity index is 1.46. The van der Waals surface area contributed by atoms with Gasteiger partial charge in [-0.15, -0.1) is 5.10 Å². The van der Waals surface area contributed by atoms with Crippen LogP contribution in [0.25, 0.3) is 5.69 Å². The number of halogens is 1. The number of nitrogens with one attached hydrogen (secondary N) is 2. The highest BCUT2D eigenvalue weighted by molar-refractivity contribution is 7.89. The second kappa shape index (κ2) is 12.6.